The average Bonchev–Trinajstić information content (AvgIpc) is 2.98. The number of nitrogens with zero attached hydrogens (tertiary/aromatic N) is 2. The van der Waals surface area contributed by atoms with Crippen molar-refractivity contribution in [3.63, 3.8) is 0 Å². The number of amidine groups is 1. The van der Waals surface area contributed by atoms with Crippen LogP contribution in [0, 0.1) is 6.92 Å². The van der Waals surface area contributed by atoms with Gasteiger partial charge in [-0.3, -0.25) is 0 Å². The zero-order valence-electron chi connectivity index (χ0n) is 14.3. The molecule has 2 aliphatic rings. The number of hydrogen-bond acceptors (Lipinski definition) is 4. The predicted octanol–water partition coefficient (Wildman–Crippen LogP) is 4.41. The molecule has 0 radical (unpaired) electrons. The van der Waals surface area contributed by atoms with E-state index in [1.165, 1.54) is 19.2 Å². The van der Waals surface area contributed by atoms with E-state index in [2.05, 4.69) is 10.3 Å². The second-order valence-electron chi connectivity index (χ2n) is 6.17. The lowest BCUT2D eigenvalue weighted by atomic mass is 9.97. The van der Waals surface area contributed by atoms with Gasteiger partial charge < -0.3 is 10.1 Å². The molecule has 0 aliphatic carbocycles. The molecule has 2 amide bonds. The average molecular weight is 393 g/mol. The first-order valence-corrected chi connectivity index (χ1v) is 8.79. The molecule has 9 heteroatoms. The summed E-state index contributed by atoms with van der Waals surface area (Å²) in [5.41, 5.74) is -1.70. The summed E-state index contributed by atoms with van der Waals surface area (Å²) in [5.74, 6) is 0.544. The molecule has 2 aliphatic heterocycles. The molecule has 0 bridgehead atoms. The Morgan fingerprint density at radius 2 is 1.89 bits per heavy atom. The number of hydrogen-bond donors (Lipinski definition) is 1. The molecule has 27 heavy (non-hydrogen) atoms. The monoisotopic (exact) mass is 393 g/mol. The number of urea groups is 1. The quantitative estimate of drug-likeness (QED) is 0.822. The zero-order chi connectivity index (χ0) is 19.4. The van der Waals surface area contributed by atoms with Crippen molar-refractivity contribution in [3.8, 4) is 5.75 Å². The Balaban J connectivity index is 1.87. The summed E-state index contributed by atoms with van der Waals surface area (Å²) in [6.07, 6.45) is -4.82. The number of benzene rings is 2. The van der Waals surface area contributed by atoms with Gasteiger partial charge in [0.15, 0.2) is 5.17 Å². The van der Waals surface area contributed by atoms with Crippen LogP contribution >= 0.6 is 11.8 Å². The Kier molecular flexibility index (Phi) is 3.88. The number of carbonyl (C=O) groups is 1. The summed E-state index contributed by atoms with van der Waals surface area (Å²) in [4.78, 5) is 18.4. The summed E-state index contributed by atoms with van der Waals surface area (Å²) in [7, 11) is 1.49. The van der Waals surface area contributed by atoms with Crippen LogP contribution < -0.4 is 15.0 Å². The third kappa shape index (κ3) is 2.64. The van der Waals surface area contributed by atoms with Crippen LogP contribution in [0.1, 0.15) is 11.1 Å². The Hall–Kier alpha value is -2.68. The van der Waals surface area contributed by atoms with E-state index >= 15 is 0 Å². The van der Waals surface area contributed by atoms with Gasteiger partial charge in [0, 0.05) is 10.5 Å². The van der Waals surface area contributed by atoms with Crippen LogP contribution in [0.3, 0.4) is 0 Å². The Morgan fingerprint density at radius 3 is 2.52 bits per heavy atom. The van der Waals surface area contributed by atoms with Crippen molar-refractivity contribution >= 4 is 28.6 Å². The summed E-state index contributed by atoms with van der Waals surface area (Å²) in [6.45, 7) is 1.77. The van der Waals surface area contributed by atoms with Gasteiger partial charge in [-0.15, -0.1) is 0 Å². The first-order valence-electron chi connectivity index (χ1n) is 7.97. The first kappa shape index (κ1) is 17.7. The molecule has 2 heterocycles. The largest absolute Gasteiger partial charge is 0.497 e. The van der Waals surface area contributed by atoms with Gasteiger partial charge in [-0.25, -0.2) is 14.7 Å². The van der Waals surface area contributed by atoms with E-state index in [1.54, 1.807) is 37.3 Å². The first-order chi connectivity index (χ1) is 12.7. The number of anilines is 1. The van der Waals surface area contributed by atoms with Crippen LogP contribution in [0.2, 0.25) is 0 Å². The molecule has 0 spiro atoms. The van der Waals surface area contributed by atoms with E-state index < -0.39 is 17.9 Å². The molecule has 2 aromatic rings. The third-order valence-corrected chi connectivity index (χ3v) is 5.44. The molecule has 4 rings (SSSR count). The number of nitrogens with one attached hydrogen (secondary N) is 1. The maximum Gasteiger partial charge on any atom is 0.436 e. The summed E-state index contributed by atoms with van der Waals surface area (Å²) in [6, 6.07) is 9.82. The van der Waals surface area contributed by atoms with E-state index in [9.17, 15) is 18.0 Å². The number of methoxy groups -OCH3 is 1. The van der Waals surface area contributed by atoms with E-state index in [4.69, 9.17) is 4.74 Å². The second kappa shape index (κ2) is 5.91. The lowest BCUT2D eigenvalue weighted by molar-refractivity contribution is -0.195. The number of carbonyl (C=O) groups excluding carboxylic acids is 1. The highest BCUT2D eigenvalue weighted by atomic mass is 32.2. The fourth-order valence-corrected chi connectivity index (χ4v) is 4.11. The highest BCUT2D eigenvalue weighted by Crippen LogP contribution is 2.49. The smallest absolute Gasteiger partial charge is 0.436 e. The highest BCUT2D eigenvalue weighted by Gasteiger charge is 2.61. The molecule has 140 valence electrons. The van der Waals surface area contributed by atoms with E-state index in [-0.39, 0.29) is 10.7 Å². The molecular formula is C18H14F3N3O2S. The van der Waals surface area contributed by atoms with Gasteiger partial charge in [0.2, 0.25) is 0 Å². The van der Waals surface area contributed by atoms with Crippen LogP contribution in [-0.4, -0.2) is 24.5 Å². The number of halogens is 3. The molecule has 0 saturated carbocycles. The fourth-order valence-electron chi connectivity index (χ4n) is 3.02. The Morgan fingerprint density at radius 1 is 1.19 bits per heavy atom. The molecule has 0 aromatic heterocycles. The standard InChI is InChI=1S/C18H14F3N3O2S/c1-10-3-5-11(6-4-10)17(18(19,20)21)22-15(25)24-13-8-7-12(26-2)9-14(13)27-16(24)23-17/h3-9H,1-2H3,(H,22,25)/t17-/m0/s1. The van der Waals surface area contributed by atoms with Crippen LogP contribution in [0.25, 0.3) is 0 Å². The fraction of sp³-hybridized carbons (Fsp3) is 0.222. The van der Waals surface area contributed by atoms with Crippen molar-refractivity contribution in [2.75, 3.05) is 12.0 Å². The van der Waals surface area contributed by atoms with Crippen LogP contribution in [0.15, 0.2) is 52.4 Å². The molecule has 0 fully saturated rings. The Bertz CT molecular complexity index is 959. The number of ether oxygens (including phenoxy) is 1. The van der Waals surface area contributed by atoms with Crippen molar-refractivity contribution in [1.82, 2.24) is 5.32 Å². The molecule has 0 unspecified atom stereocenters. The summed E-state index contributed by atoms with van der Waals surface area (Å²) in [5, 5.41) is 2.05. The van der Waals surface area contributed by atoms with Crippen LogP contribution in [0.5, 0.6) is 5.75 Å². The van der Waals surface area contributed by atoms with Gasteiger partial charge in [-0.05, 0) is 36.9 Å². The van der Waals surface area contributed by atoms with Gasteiger partial charge in [0.05, 0.1) is 12.8 Å². The minimum absolute atomic E-state index is 0.0279. The summed E-state index contributed by atoms with van der Waals surface area (Å²) >= 11 is 1.00. The number of aryl methyl sites for hydroxylation is 1. The molecule has 5 nitrogen and oxygen atoms in total. The van der Waals surface area contributed by atoms with Gasteiger partial charge in [-0.1, -0.05) is 29.8 Å². The molecule has 1 N–H and O–H groups in total. The van der Waals surface area contributed by atoms with E-state index in [0.717, 1.165) is 22.2 Å². The predicted molar refractivity (Wildman–Crippen MR) is 96.2 cm³/mol. The topological polar surface area (TPSA) is 53.9 Å². The van der Waals surface area contributed by atoms with Crippen LogP contribution in [0.4, 0.5) is 23.7 Å². The second-order valence-corrected chi connectivity index (χ2v) is 7.18. The van der Waals surface area contributed by atoms with Gasteiger partial charge >= 0.3 is 12.2 Å². The number of rotatable bonds is 2. The number of aliphatic imine (C=N–C) groups is 1. The third-order valence-electron chi connectivity index (χ3n) is 4.43. The number of amides is 2. The molecular weight excluding hydrogens is 379 g/mol. The number of fused-ring (bicyclic) bond motifs is 3. The lowest BCUT2D eigenvalue weighted by Crippen LogP contribution is -2.62. The molecule has 0 saturated heterocycles. The maximum absolute atomic E-state index is 14.1. The van der Waals surface area contributed by atoms with Gasteiger partial charge in [-0.2, -0.15) is 13.2 Å². The minimum atomic E-state index is -4.82. The molecule has 2 aromatic carbocycles. The maximum atomic E-state index is 14.1. The molecule has 1 atom stereocenters. The van der Waals surface area contributed by atoms with Crippen molar-refractivity contribution < 1.29 is 22.7 Å². The normalized spacial score (nSPS) is 21.3. The van der Waals surface area contributed by atoms with E-state index in [0.29, 0.717) is 16.3 Å². The zero-order valence-corrected chi connectivity index (χ0v) is 15.1. The Labute approximate surface area is 157 Å². The van der Waals surface area contributed by atoms with E-state index in [1.807, 2.05) is 0 Å². The SMILES string of the molecule is COc1ccc2c(c1)SC1=N[C@@](c3ccc(C)cc3)(C(F)(F)F)NC(=O)N12. The number of alkyl halides is 3. The van der Waals surface area contributed by atoms with Crippen LogP contribution in [-0.2, 0) is 5.66 Å². The van der Waals surface area contributed by atoms with Crippen molar-refractivity contribution in [2.24, 2.45) is 4.99 Å². The number of thioether (sulfide) groups is 1. The van der Waals surface area contributed by atoms with Crippen molar-refractivity contribution in [3.05, 3.63) is 53.6 Å². The van der Waals surface area contributed by atoms with Crippen molar-refractivity contribution in [2.45, 2.75) is 23.7 Å². The van der Waals surface area contributed by atoms with Gasteiger partial charge in [0.1, 0.15) is 5.75 Å². The minimum Gasteiger partial charge on any atom is -0.497 e. The summed E-state index contributed by atoms with van der Waals surface area (Å²) < 4.78 is 47.4. The lowest BCUT2D eigenvalue weighted by Gasteiger charge is -2.38. The van der Waals surface area contributed by atoms with Gasteiger partial charge in [0.25, 0.3) is 5.66 Å². The van der Waals surface area contributed by atoms with Crippen molar-refractivity contribution in [1.29, 1.82) is 0 Å². The highest BCUT2D eigenvalue weighted by molar-refractivity contribution is 8.15.